The molecular weight excluding hydrogens is 416 g/mol. The molecule has 5 heterocycles. The van der Waals surface area contributed by atoms with Crippen LogP contribution >= 0.6 is 15.9 Å². The molecular formula is C23H33BrN2O2. The summed E-state index contributed by atoms with van der Waals surface area (Å²) in [5.41, 5.74) is 2.51. The fraction of sp³-hybridized carbons (Fsp3) is 0.739. The van der Waals surface area contributed by atoms with Crippen LogP contribution in [-0.2, 0) is 5.41 Å². The molecule has 2 unspecified atom stereocenters. The zero-order valence-electron chi connectivity index (χ0n) is 17.1. The molecule has 4 nitrogen and oxygen atoms in total. The fourth-order valence-electron chi connectivity index (χ4n) is 7.88. The zero-order valence-corrected chi connectivity index (χ0v) is 18.7. The number of aliphatic hydroxyl groups is 2. The van der Waals surface area contributed by atoms with Crippen molar-refractivity contribution in [3.8, 4) is 0 Å². The molecule has 0 amide bonds. The number of halogens is 1. The average Bonchev–Trinajstić information content (AvgIpc) is 3.10. The van der Waals surface area contributed by atoms with Crippen molar-refractivity contribution >= 4 is 21.6 Å². The molecule has 5 heteroatoms. The largest absolute Gasteiger partial charge is 0.392 e. The summed E-state index contributed by atoms with van der Waals surface area (Å²) in [6.45, 7) is 4.33. The number of alkyl halides is 1. The van der Waals surface area contributed by atoms with Crippen LogP contribution in [0.3, 0.4) is 0 Å². The van der Waals surface area contributed by atoms with Gasteiger partial charge in [-0.3, -0.25) is 4.90 Å². The Hall–Kier alpha value is -0.620. The smallest absolute Gasteiger partial charge is 0.111 e. The molecule has 0 aromatic heterocycles. The van der Waals surface area contributed by atoms with Gasteiger partial charge in [0, 0.05) is 47.4 Å². The Labute approximate surface area is 177 Å². The number of piperidine rings is 4. The van der Waals surface area contributed by atoms with E-state index in [1.807, 2.05) is 0 Å². The fourth-order valence-corrected chi connectivity index (χ4v) is 7.88. The second-order valence-electron chi connectivity index (χ2n) is 9.50. The first-order valence-corrected chi connectivity index (χ1v) is 12.2. The second-order valence-corrected chi connectivity index (χ2v) is 10.3. The molecule has 4 saturated heterocycles. The Bertz CT molecular complexity index is 758. The molecule has 1 aliphatic carbocycles. The molecule has 1 aromatic rings. The number of aliphatic hydroxyl groups excluding tert-OH is 2. The van der Waals surface area contributed by atoms with Gasteiger partial charge in [0.25, 0.3) is 0 Å². The molecule has 28 heavy (non-hydrogen) atoms. The normalized spacial score (nSPS) is 48.9. The first-order valence-electron chi connectivity index (χ1n) is 11.0. The molecule has 1 aromatic carbocycles. The van der Waals surface area contributed by atoms with Crippen molar-refractivity contribution in [2.75, 3.05) is 17.3 Å². The van der Waals surface area contributed by atoms with E-state index in [0.29, 0.717) is 35.9 Å². The third-order valence-corrected chi connectivity index (χ3v) is 9.44. The van der Waals surface area contributed by atoms with Crippen LogP contribution in [-0.4, -0.2) is 57.9 Å². The van der Waals surface area contributed by atoms with Gasteiger partial charge in [0.15, 0.2) is 0 Å². The lowest BCUT2D eigenvalue weighted by atomic mass is 9.62. The van der Waals surface area contributed by atoms with Crippen LogP contribution in [0.2, 0.25) is 0 Å². The van der Waals surface area contributed by atoms with Crippen LogP contribution in [0.4, 0.5) is 5.69 Å². The molecule has 6 aliphatic rings. The average molecular weight is 449 g/mol. The molecule has 154 valence electrons. The lowest BCUT2D eigenvalue weighted by Crippen LogP contribution is -2.72. The summed E-state index contributed by atoms with van der Waals surface area (Å²) >= 11 is 3.25. The van der Waals surface area contributed by atoms with E-state index in [1.54, 1.807) is 0 Å². The summed E-state index contributed by atoms with van der Waals surface area (Å²) in [6.07, 6.45) is 3.79. The maximum Gasteiger partial charge on any atom is 0.111 e. The standard InChI is InChI=1S/C20H26N2O2.C3H7Br/c1-3-10-11-8-14-17-20(12-6-4-5-7-13(12)21(17)2)9-15(16(11)18(20)23)22(14)19(10)24;1-2-3-4/h4-7,10-11,14-19,23-24H,3,8-9H2,1-2H3;2-3H2,1H3/t10-,11+,14-,15+,16?,17+,18-,19-,20+;/m1./s1. The minimum atomic E-state index is -0.319. The number of hydrogen-bond donors (Lipinski definition) is 2. The molecule has 1 saturated carbocycles. The van der Waals surface area contributed by atoms with Gasteiger partial charge in [-0.05, 0) is 43.2 Å². The van der Waals surface area contributed by atoms with Crippen molar-refractivity contribution in [3.63, 3.8) is 0 Å². The SMILES string of the molecule is CCCBr.CC[C@@H]1[C@@H]2C[C@@H]3[C@@H]4N(C)c5ccccc5[C@@]45C[C@@H](C2[C@H]5O)N3[C@@H]1O. The van der Waals surface area contributed by atoms with E-state index < -0.39 is 0 Å². The van der Waals surface area contributed by atoms with Gasteiger partial charge >= 0.3 is 0 Å². The number of likely N-dealkylation sites (N-methyl/N-ethyl adjacent to an activating group) is 1. The second kappa shape index (κ2) is 6.69. The Balaban J connectivity index is 0.000000393. The number of nitrogens with zero attached hydrogens (tertiary/aromatic N) is 2. The molecule has 10 atom stereocenters. The molecule has 0 radical (unpaired) electrons. The third-order valence-electron chi connectivity index (χ3n) is 8.65. The first kappa shape index (κ1) is 19.3. The van der Waals surface area contributed by atoms with Gasteiger partial charge in [0.2, 0.25) is 0 Å². The van der Waals surface area contributed by atoms with Gasteiger partial charge in [0.1, 0.15) is 6.23 Å². The highest BCUT2D eigenvalue weighted by atomic mass is 79.9. The highest BCUT2D eigenvalue weighted by Crippen LogP contribution is 2.68. The summed E-state index contributed by atoms with van der Waals surface area (Å²) < 4.78 is 0. The quantitative estimate of drug-likeness (QED) is 0.680. The Kier molecular flexibility index (Phi) is 4.63. The molecule has 5 aliphatic heterocycles. The summed E-state index contributed by atoms with van der Waals surface area (Å²) in [6, 6.07) is 9.70. The molecule has 2 N–H and O–H groups in total. The van der Waals surface area contributed by atoms with Crippen molar-refractivity contribution in [1.82, 2.24) is 4.90 Å². The van der Waals surface area contributed by atoms with E-state index in [9.17, 15) is 10.2 Å². The van der Waals surface area contributed by atoms with Gasteiger partial charge in [-0.15, -0.1) is 0 Å². The van der Waals surface area contributed by atoms with Gasteiger partial charge in [0.05, 0.1) is 12.1 Å². The Morgan fingerprint density at radius 2 is 1.89 bits per heavy atom. The number of para-hydroxylation sites is 1. The van der Waals surface area contributed by atoms with E-state index >= 15 is 0 Å². The van der Waals surface area contributed by atoms with Gasteiger partial charge in [-0.1, -0.05) is 48.0 Å². The Morgan fingerprint density at radius 1 is 1.18 bits per heavy atom. The molecule has 7 rings (SSSR count). The summed E-state index contributed by atoms with van der Waals surface area (Å²) in [7, 11) is 2.19. The van der Waals surface area contributed by atoms with Gasteiger partial charge < -0.3 is 15.1 Å². The van der Waals surface area contributed by atoms with Gasteiger partial charge in [-0.2, -0.15) is 0 Å². The third kappa shape index (κ3) is 2.12. The van der Waals surface area contributed by atoms with Crippen molar-refractivity contribution < 1.29 is 10.2 Å². The molecule has 5 fully saturated rings. The summed E-state index contributed by atoms with van der Waals surface area (Å²) in [5.74, 6) is 1.14. The number of rotatable bonds is 2. The summed E-state index contributed by atoms with van der Waals surface area (Å²) in [4.78, 5) is 4.83. The number of fused-ring (bicyclic) bond motifs is 2. The number of benzene rings is 1. The van der Waals surface area contributed by atoms with E-state index in [4.69, 9.17) is 0 Å². The lowest BCUT2D eigenvalue weighted by Gasteiger charge is -2.62. The van der Waals surface area contributed by atoms with E-state index in [0.717, 1.165) is 24.6 Å². The molecule has 5 bridgehead atoms. The van der Waals surface area contributed by atoms with Crippen LogP contribution in [0.5, 0.6) is 0 Å². The summed E-state index contributed by atoms with van der Waals surface area (Å²) in [5, 5.41) is 23.8. The van der Waals surface area contributed by atoms with Gasteiger partial charge in [-0.25, -0.2) is 0 Å². The van der Waals surface area contributed by atoms with Crippen molar-refractivity contribution in [1.29, 1.82) is 0 Å². The van der Waals surface area contributed by atoms with Crippen molar-refractivity contribution in [3.05, 3.63) is 29.8 Å². The highest BCUT2D eigenvalue weighted by Gasteiger charge is 2.76. The lowest BCUT2D eigenvalue weighted by molar-refractivity contribution is -0.211. The maximum atomic E-state index is 11.6. The number of anilines is 1. The number of hydrogen-bond acceptors (Lipinski definition) is 4. The van der Waals surface area contributed by atoms with Crippen LogP contribution in [0, 0.1) is 17.8 Å². The van der Waals surface area contributed by atoms with E-state index in [1.165, 1.54) is 17.7 Å². The zero-order chi connectivity index (χ0) is 19.8. The van der Waals surface area contributed by atoms with Crippen LogP contribution in [0.15, 0.2) is 24.3 Å². The van der Waals surface area contributed by atoms with E-state index in [2.05, 4.69) is 70.9 Å². The minimum absolute atomic E-state index is 0.126. The topological polar surface area (TPSA) is 46.9 Å². The van der Waals surface area contributed by atoms with Crippen LogP contribution in [0.25, 0.3) is 0 Å². The van der Waals surface area contributed by atoms with Crippen molar-refractivity contribution in [2.24, 2.45) is 17.8 Å². The maximum absolute atomic E-state index is 11.6. The highest BCUT2D eigenvalue weighted by molar-refractivity contribution is 9.09. The first-order chi connectivity index (χ1) is 13.5. The Morgan fingerprint density at radius 3 is 2.57 bits per heavy atom. The van der Waals surface area contributed by atoms with Crippen LogP contribution in [0.1, 0.15) is 45.1 Å². The predicted octanol–water partition coefficient (Wildman–Crippen LogP) is 3.35. The van der Waals surface area contributed by atoms with Crippen molar-refractivity contribution in [2.45, 2.75) is 75.4 Å². The monoisotopic (exact) mass is 448 g/mol. The predicted molar refractivity (Wildman–Crippen MR) is 116 cm³/mol. The van der Waals surface area contributed by atoms with E-state index in [-0.39, 0.29) is 17.7 Å². The molecule has 1 spiro atoms. The minimum Gasteiger partial charge on any atom is -0.392 e. The van der Waals surface area contributed by atoms with Crippen LogP contribution < -0.4 is 4.90 Å².